The van der Waals surface area contributed by atoms with Crippen molar-refractivity contribution in [1.82, 2.24) is 15.0 Å². The highest BCUT2D eigenvalue weighted by Gasteiger charge is 2.22. The van der Waals surface area contributed by atoms with Gasteiger partial charge < -0.3 is 24.8 Å². The van der Waals surface area contributed by atoms with Gasteiger partial charge in [0.1, 0.15) is 5.75 Å². The Morgan fingerprint density at radius 2 is 1.69 bits per heavy atom. The Hall–Kier alpha value is -4.09. The lowest BCUT2D eigenvalue weighted by atomic mass is 9.90. The Kier molecular flexibility index (Phi) is 10.8. The molecule has 3 N–H and O–H groups in total. The van der Waals surface area contributed by atoms with Crippen LogP contribution in [0, 0.1) is 5.92 Å². The molecule has 2 heterocycles. The van der Waals surface area contributed by atoms with Crippen molar-refractivity contribution < 1.29 is 14.6 Å². The third kappa shape index (κ3) is 8.01. The third-order valence-electron chi connectivity index (χ3n) is 6.90. The van der Waals surface area contributed by atoms with Crippen LogP contribution < -0.4 is 25.1 Å². The van der Waals surface area contributed by atoms with E-state index >= 15 is 0 Å². The lowest BCUT2D eigenvalue weighted by Gasteiger charge is -2.32. The minimum Gasteiger partial charge on any atom is -0.504 e. The van der Waals surface area contributed by atoms with E-state index in [-0.39, 0.29) is 18.2 Å². The van der Waals surface area contributed by atoms with Gasteiger partial charge in [0.15, 0.2) is 11.5 Å². The maximum absolute atomic E-state index is 9.98. The maximum Gasteiger partial charge on any atom is 0.250 e. The molecule has 4 aromatic rings. The van der Waals surface area contributed by atoms with Gasteiger partial charge in [0.05, 0.1) is 20.4 Å². The lowest BCUT2D eigenvalue weighted by molar-refractivity contribution is 0.373. The number of hydrazone groups is 1. The predicted octanol–water partition coefficient (Wildman–Crippen LogP) is 6.43. The molecule has 0 bridgehead atoms. The monoisotopic (exact) mass is 653 g/mol. The number of hydrogen-bond acceptors (Lipinski definition) is 10. The molecule has 10 nitrogen and oxygen atoms in total. The molecule has 3 aromatic carbocycles. The highest BCUT2D eigenvalue weighted by molar-refractivity contribution is 9.10. The number of aromatic nitrogens is 3. The van der Waals surface area contributed by atoms with Gasteiger partial charge in [0.25, 0.3) is 0 Å². The summed E-state index contributed by atoms with van der Waals surface area (Å²) in [6, 6.07) is 21.4. The molecule has 1 aliphatic rings. The predicted molar refractivity (Wildman–Crippen MR) is 172 cm³/mol. The second-order valence-electron chi connectivity index (χ2n) is 9.67. The molecule has 1 fully saturated rings. The van der Waals surface area contributed by atoms with E-state index < -0.39 is 0 Å². The van der Waals surface area contributed by atoms with E-state index in [1.807, 2.05) is 24.3 Å². The topological polar surface area (TPSA) is 117 Å². The maximum atomic E-state index is 9.98. The highest BCUT2D eigenvalue weighted by atomic mass is 79.9. The van der Waals surface area contributed by atoms with Gasteiger partial charge in [0.2, 0.25) is 17.8 Å². The number of phenolic OH excluding ortho intramolecular Hbond substituents is 1. The quantitative estimate of drug-likeness (QED) is 0.131. The zero-order valence-electron chi connectivity index (χ0n) is 23.3. The average molecular weight is 655 g/mol. The number of ether oxygens (including phenoxy) is 2. The van der Waals surface area contributed by atoms with Crippen molar-refractivity contribution in [3.8, 4) is 17.2 Å². The Morgan fingerprint density at radius 1 is 0.976 bits per heavy atom. The minimum absolute atomic E-state index is 0. The lowest BCUT2D eigenvalue weighted by Crippen LogP contribution is -2.35. The van der Waals surface area contributed by atoms with Crippen molar-refractivity contribution in [1.29, 1.82) is 0 Å². The molecule has 0 unspecified atom stereocenters. The van der Waals surface area contributed by atoms with Crippen LogP contribution in [0.15, 0.2) is 76.3 Å². The molecule has 1 aliphatic heterocycles. The van der Waals surface area contributed by atoms with Crippen molar-refractivity contribution in [3.05, 3.63) is 82.3 Å². The van der Waals surface area contributed by atoms with E-state index in [9.17, 15) is 5.11 Å². The first kappa shape index (κ1) is 30.9. The number of methoxy groups -OCH3 is 2. The van der Waals surface area contributed by atoms with Crippen LogP contribution in [-0.2, 0) is 6.42 Å². The first-order valence-corrected chi connectivity index (χ1v) is 14.1. The van der Waals surface area contributed by atoms with Crippen molar-refractivity contribution in [3.63, 3.8) is 0 Å². The van der Waals surface area contributed by atoms with E-state index in [0.717, 1.165) is 43.8 Å². The normalized spacial score (nSPS) is 13.5. The van der Waals surface area contributed by atoms with Gasteiger partial charge in [-0.15, -0.1) is 12.4 Å². The van der Waals surface area contributed by atoms with Crippen LogP contribution >= 0.6 is 28.3 Å². The van der Waals surface area contributed by atoms with Crippen LogP contribution in [0.3, 0.4) is 0 Å². The summed E-state index contributed by atoms with van der Waals surface area (Å²) in [4.78, 5) is 16.2. The van der Waals surface area contributed by atoms with Gasteiger partial charge in [-0.3, -0.25) is 0 Å². The van der Waals surface area contributed by atoms with Crippen LogP contribution in [-0.4, -0.2) is 53.6 Å². The summed E-state index contributed by atoms with van der Waals surface area (Å²) in [6.45, 7) is 1.71. The first-order chi connectivity index (χ1) is 20.0. The van der Waals surface area contributed by atoms with E-state index in [0.29, 0.717) is 39.5 Å². The van der Waals surface area contributed by atoms with Crippen LogP contribution in [0.5, 0.6) is 17.2 Å². The van der Waals surface area contributed by atoms with Gasteiger partial charge in [-0.25, -0.2) is 5.43 Å². The molecular weight excluding hydrogens is 622 g/mol. The molecule has 0 amide bonds. The molecule has 220 valence electrons. The minimum atomic E-state index is 0. The summed E-state index contributed by atoms with van der Waals surface area (Å²) in [6.07, 6.45) is 4.79. The van der Waals surface area contributed by atoms with Gasteiger partial charge >= 0.3 is 0 Å². The zero-order valence-corrected chi connectivity index (χ0v) is 25.7. The number of hydrogen-bond donors (Lipinski definition) is 3. The summed E-state index contributed by atoms with van der Waals surface area (Å²) < 4.78 is 11.1. The molecule has 0 spiro atoms. The summed E-state index contributed by atoms with van der Waals surface area (Å²) >= 11 is 3.44. The number of phenols is 1. The molecule has 42 heavy (non-hydrogen) atoms. The van der Waals surface area contributed by atoms with Crippen LogP contribution in [0.25, 0.3) is 0 Å². The van der Waals surface area contributed by atoms with Gasteiger partial charge in [-0.1, -0.05) is 30.3 Å². The van der Waals surface area contributed by atoms with Gasteiger partial charge in [-0.2, -0.15) is 20.1 Å². The first-order valence-electron chi connectivity index (χ1n) is 13.3. The van der Waals surface area contributed by atoms with Gasteiger partial charge in [0, 0.05) is 28.8 Å². The largest absolute Gasteiger partial charge is 0.504 e. The van der Waals surface area contributed by atoms with Crippen LogP contribution in [0.1, 0.15) is 24.0 Å². The highest BCUT2D eigenvalue weighted by Crippen LogP contribution is 2.31. The smallest absolute Gasteiger partial charge is 0.250 e. The van der Waals surface area contributed by atoms with Crippen LogP contribution in [0.4, 0.5) is 23.5 Å². The van der Waals surface area contributed by atoms with E-state index in [1.165, 1.54) is 12.7 Å². The van der Waals surface area contributed by atoms with Crippen molar-refractivity contribution in [2.75, 3.05) is 43.0 Å². The second-order valence-corrected chi connectivity index (χ2v) is 10.5. The Morgan fingerprint density at radius 3 is 2.38 bits per heavy atom. The number of nitrogens with zero attached hydrogens (tertiary/aromatic N) is 5. The number of halogens is 2. The fourth-order valence-electron chi connectivity index (χ4n) is 4.68. The fourth-order valence-corrected chi connectivity index (χ4v) is 5.11. The molecule has 0 saturated carbocycles. The third-order valence-corrected chi connectivity index (χ3v) is 7.59. The summed E-state index contributed by atoms with van der Waals surface area (Å²) in [5.41, 5.74) is 5.83. The number of nitrogens with one attached hydrogen (secondary N) is 2. The Balaban J connectivity index is 0.00000405. The Labute approximate surface area is 259 Å². The second kappa shape index (κ2) is 14.7. The summed E-state index contributed by atoms with van der Waals surface area (Å²) in [5.74, 6) is 3.05. The molecule has 0 atom stereocenters. The van der Waals surface area contributed by atoms with Crippen molar-refractivity contribution in [2.45, 2.75) is 19.3 Å². The molecule has 1 saturated heterocycles. The van der Waals surface area contributed by atoms with Crippen molar-refractivity contribution in [2.24, 2.45) is 11.0 Å². The van der Waals surface area contributed by atoms with Crippen LogP contribution in [0.2, 0.25) is 0 Å². The number of anilines is 4. The van der Waals surface area contributed by atoms with E-state index in [2.05, 4.69) is 77.0 Å². The van der Waals surface area contributed by atoms with E-state index in [1.54, 1.807) is 25.5 Å². The molecule has 1 aromatic heterocycles. The number of piperidine rings is 1. The summed E-state index contributed by atoms with van der Waals surface area (Å²) in [7, 11) is 3.13. The number of rotatable bonds is 10. The molecular formula is C30H33BrClN7O3. The molecule has 12 heteroatoms. The zero-order chi connectivity index (χ0) is 28.6. The summed E-state index contributed by atoms with van der Waals surface area (Å²) in [5, 5.41) is 17.6. The van der Waals surface area contributed by atoms with E-state index in [4.69, 9.17) is 14.5 Å². The fraction of sp³-hybridized carbons (Fsp3) is 0.267. The van der Waals surface area contributed by atoms with Crippen molar-refractivity contribution >= 4 is 58.1 Å². The van der Waals surface area contributed by atoms with Gasteiger partial charge in [-0.05, 0) is 83.1 Å². The Bertz CT molecular complexity index is 1480. The molecule has 0 radical (unpaired) electrons. The SMILES string of the molecule is COc1ccc(Nc2nc(NN=Cc3cc(OC)c(O)cc3Br)nc(N3CCC(Cc4ccccc4)CC3)n2)cc1.Cl. The molecule has 5 rings (SSSR count). The average Bonchev–Trinajstić information content (AvgIpc) is 2.99. The number of aromatic hydroxyl groups is 1. The standard InChI is InChI=1S/C30H32BrN7O3.ClH/c1-40-24-10-8-23(9-11-24)33-28-34-29(37-32-19-22-17-27(41-2)26(39)18-25(22)31)36-30(35-28)38-14-12-21(13-15-38)16-20-6-4-3-5-7-20;/h3-11,17-19,21,39H,12-16H2,1-2H3,(H2,33,34,35,36,37);1H. The molecule has 0 aliphatic carbocycles. The number of benzene rings is 3.